The maximum atomic E-state index is 13.8. The average molecular weight is 637 g/mol. The zero-order valence-corrected chi connectivity index (χ0v) is 25.7. The number of nitrogens with zero attached hydrogens (tertiary/aromatic N) is 2. The third kappa shape index (κ3) is 6.85. The Morgan fingerprint density at radius 3 is 2.34 bits per heavy atom. The van der Waals surface area contributed by atoms with E-state index in [0.717, 1.165) is 22.4 Å². The number of carbonyl (C=O) groups excluding carboxylic acids is 1. The first-order chi connectivity index (χ1) is 19.6. The van der Waals surface area contributed by atoms with E-state index in [4.69, 9.17) is 39.5 Å². The number of carbonyl (C=O) groups is 1. The van der Waals surface area contributed by atoms with E-state index in [-0.39, 0.29) is 17.9 Å². The van der Waals surface area contributed by atoms with E-state index in [1.54, 1.807) is 24.3 Å². The van der Waals surface area contributed by atoms with Gasteiger partial charge >= 0.3 is 0 Å². The highest BCUT2D eigenvalue weighted by atomic mass is 35.5. The maximum Gasteiger partial charge on any atom is 0.242 e. The number of hydrogen-bond donors (Lipinski definition) is 1. The molecule has 5 rings (SSSR count). The predicted octanol–water partition coefficient (Wildman–Crippen LogP) is 5.66. The minimum atomic E-state index is -3.41. The van der Waals surface area contributed by atoms with Gasteiger partial charge in [0.15, 0.2) is 0 Å². The predicted molar refractivity (Wildman–Crippen MR) is 164 cm³/mol. The molecule has 11 heteroatoms. The zero-order valence-electron chi connectivity index (χ0n) is 22.7. The molecule has 218 valence electrons. The molecule has 2 aliphatic heterocycles. The molecular weight excluding hydrogens is 605 g/mol. The number of likely N-dealkylation sites (tertiary alicyclic amines) is 1. The van der Waals surface area contributed by atoms with Crippen molar-refractivity contribution >= 4 is 56.4 Å². The largest absolute Gasteiger partial charge is 0.375 e. The highest BCUT2D eigenvalue weighted by Crippen LogP contribution is 2.47. The first-order valence-electron chi connectivity index (χ1n) is 13.4. The monoisotopic (exact) mass is 635 g/mol. The van der Waals surface area contributed by atoms with Gasteiger partial charge in [0, 0.05) is 36.6 Å². The summed E-state index contributed by atoms with van der Waals surface area (Å²) in [6.07, 6.45) is 2.59. The summed E-state index contributed by atoms with van der Waals surface area (Å²) in [7, 11) is -3.41. The maximum absolute atomic E-state index is 13.8. The smallest absolute Gasteiger partial charge is 0.242 e. The molecule has 1 fully saturated rings. The molecule has 2 heterocycles. The van der Waals surface area contributed by atoms with Gasteiger partial charge in [-0.1, -0.05) is 71.2 Å². The number of fused-ring (bicyclic) bond motifs is 2. The lowest BCUT2D eigenvalue weighted by molar-refractivity contribution is -0.136. The summed E-state index contributed by atoms with van der Waals surface area (Å²) in [5.41, 5.74) is 3.32. The molecule has 7 nitrogen and oxygen atoms in total. The second kappa shape index (κ2) is 12.5. The van der Waals surface area contributed by atoms with Gasteiger partial charge < -0.3 is 9.64 Å². The van der Waals surface area contributed by atoms with Crippen molar-refractivity contribution in [3.05, 3.63) is 98.5 Å². The second-order valence-electron chi connectivity index (χ2n) is 10.7. The van der Waals surface area contributed by atoms with Crippen LogP contribution in [0.4, 0.5) is 5.69 Å². The fourth-order valence-electron chi connectivity index (χ4n) is 5.67. The quantitative estimate of drug-likeness (QED) is 0.328. The molecule has 0 unspecified atom stereocenters. The molecular formula is C30H32Cl3N3O4S. The summed E-state index contributed by atoms with van der Waals surface area (Å²) < 4.78 is 32.6. The van der Waals surface area contributed by atoms with Gasteiger partial charge in [0.25, 0.3) is 0 Å². The van der Waals surface area contributed by atoms with Crippen LogP contribution in [0.15, 0.2) is 66.7 Å². The van der Waals surface area contributed by atoms with Crippen LogP contribution in [0.25, 0.3) is 0 Å². The number of nitrogens with one attached hydrogen (secondary N) is 1. The lowest BCUT2D eigenvalue weighted by atomic mass is 9.74. The van der Waals surface area contributed by atoms with Crippen LogP contribution in [0.2, 0.25) is 15.1 Å². The highest BCUT2D eigenvalue weighted by Gasteiger charge is 2.47. The Kier molecular flexibility index (Phi) is 9.19. The van der Waals surface area contributed by atoms with Crippen molar-refractivity contribution < 1.29 is 17.9 Å². The van der Waals surface area contributed by atoms with Gasteiger partial charge in [-0.15, -0.1) is 0 Å². The van der Waals surface area contributed by atoms with Crippen LogP contribution in [0.3, 0.4) is 0 Å². The minimum Gasteiger partial charge on any atom is -0.375 e. The second-order valence-corrected chi connectivity index (χ2v) is 13.9. The van der Waals surface area contributed by atoms with Crippen LogP contribution in [0.5, 0.6) is 0 Å². The Bertz CT molecular complexity index is 1510. The lowest BCUT2D eigenvalue weighted by Crippen LogP contribution is -2.54. The fourth-order valence-corrected chi connectivity index (χ4v) is 7.11. The molecule has 1 amide bonds. The van der Waals surface area contributed by atoms with Crippen LogP contribution in [0, 0.1) is 0 Å². The number of rotatable bonds is 9. The van der Waals surface area contributed by atoms with Crippen LogP contribution in [-0.2, 0) is 38.1 Å². The Balaban J connectivity index is 1.28. The van der Waals surface area contributed by atoms with E-state index < -0.39 is 16.1 Å². The summed E-state index contributed by atoms with van der Waals surface area (Å²) in [5.74, 6) is -0.0535. The molecule has 1 N–H and O–H groups in total. The molecule has 0 bridgehead atoms. The van der Waals surface area contributed by atoms with E-state index in [9.17, 15) is 13.2 Å². The van der Waals surface area contributed by atoms with Gasteiger partial charge in [-0.3, -0.25) is 14.4 Å². The average Bonchev–Trinajstić information content (AvgIpc) is 3.28. The van der Waals surface area contributed by atoms with Gasteiger partial charge in [-0.25, -0.2) is 8.42 Å². The SMILES string of the molecule is CS(=O)(=O)N1CC2(CCN(C(=O)[C@H](COCc3ccc(Cl)cc3)NCc3ccc(Cl)c(Cl)c3)CC2)c2ccccc21. The zero-order chi connectivity index (χ0) is 29.2. The summed E-state index contributed by atoms with van der Waals surface area (Å²) in [6.45, 7) is 2.37. The lowest BCUT2D eigenvalue weighted by Gasteiger charge is -2.41. The molecule has 3 aromatic carbocycles. The number of anilines is 1. The summed E-state index contributed by atoms with van der Waals surface area (Å²) in [5, 5.41) is 4.93. The van der Waals surface area contributed by atoms with Crippen LogP contribution in [0.1, 0.15) is 29.5 Å². The minimum absolute atomic E-state index is 0.0535. The van der Waals surface area contributed by atoms with Crippen molar-refractivity contribution in [3.8, 4) is 0 Å². The van der Waals surface area contributed by atoms with Gasteiger partial charge in [0.2, 0.25) is 15.9 Å². The number of hydrogen-bond acceptors (Lipinski definition) is 5. The summed E-state index contributed by atoms with van der Waals surface area (Å²) in [6, 6.07) is 19.9. The molecule has 0 radical (unpaired) electrons. The van der Waals surface area contributed by atoms with Crippen molar-refractivity contribution in [3.63, 3.8) is 0 Å². The number of para-hydroxylation sites is 1. The number of ether oxygens (including phenoxy) is 1. The summed E-state index contributed by atoms with van der Waals surface area (Å²) >= 11 is 18.3. The van der Waals surface area contributed by atoms with Gasteiger partial charge in [0.1, 0.15) is 6.04 Å². The molecule has 2 aliphatic rings. The molecule has 1 spiro atoms. The molecule has 0 aromatic heterocycles. The topological polar surface area (TPSA) is 79.0 Å². The van der Waals surface area contributed by atoms with Crippen molar-refractivity contribution in [2.24, 2.45) is 0 Å². The number of piperidine rings is 1. The number of benzene rings is 3. The molecule has 0 saturated carbocycles. The summed E-state index contributed by atoms with van der Waals surface area (Å²) in [4.78, 5) is 15.7. The molecule has 0 aliphatic carbocycles. The van der Waals surface area contributed by atoms with Gasteiger partial charge in [0.05, 0.1) is 35.2 Å². The van der Waals surface area contributed by atoms with E-state index in [1.807, 2.05) is 47.4 Å². The van der Waals surface area contributed by atoms with Crippen LogP contribution in [-0.4, -0.2) is 57.8 Å². The van der Waals surface area contributed by atoms with Crippen LogP contribution >= 0.6 is 34.8 Å². The standard InChI is InChI=1S/C30H32Cl3N3O4S/c1-41(38,39)36-20-30(24-4-2-3-5-28(24)36)12-14-35(15-13-30)29(37)27(19-40-18-21-6-9-23(31)10-7-21)34-17-22-8-11-25(32)26(33)16-22/h2-11,16,27,34H,12-15,17-20H2,1H3/t27-/m0/s1. The first-order valence-corrected chi connectivity index (χ1v) is 16.4. The number of amides is 1. The highest BCUT2D eigenvalue weighted by molar-refractivity contribution is 7.92. The van der Waals surface area contributed by atoms with Crippen molar-refractivity contribution in [1.29, 1.82) is 0 Å². The van der Waals surface area contributed by atoms with Gasteiger partial charge in [-0.2, -0.15) is 0 Å². The van der Waals surface area contributed by atoms with E-state index >= 15 is 0 Å². The molecule has 1 atom stereocenters. The fraction of sp³-hybridized carbons (Fsp3) is 0.367. The van der Waals surface area contributed by atoms with Crippen molar-refractivity contribution in [1.82, 2.24) is 10.2 Å². The van der Waals surface area contributed by atoms with E-state index in [1.165, 1.54) is 10.6 Å². The number of halogens is 3. The third-order valence-corrected chi connectivity index (χ3v) is 10.0. The molecule has 1 saturated heterocycles. The van der Waals surface area contributed by atoms with Crippen molar-refractivity contribution in [2.45, 2.75) is 37.5 Å². The first kappa shape index (κ1) is 30.1. The third-order valence-electron chi connectivity index (χ3n) is 7.92. The Morgan fingerprint density at radius 1 is 0.976 bits per heavy atom. The molecule has 41 heavy (non-hydrogen) atoms. The van der Waals surface area contributed by atoms with Crippen molar-refractivity contribution in [2.75, 3.05) is 36.8 Å². The molecule has 3 aromatic rings. The Morgan fingerprint density at radius 2 is 1.66 bits per heavy atom. The normalized spacial score (nSPS) is 17.1. The number of sulfonamides is 1. The van der Waals surface area contributed by atoms with E-state index in [2.05, 4.69) is 5.32 Å². The van der Waals surface area contributed by atoms with E-state index in [0.29, 0.717) is 60.7 Å². The van der Waals surface area contributed by atoms with Gasteiger partial charge in [-0.05, 0) is 59.9 Å². The Labute approximate surface area is 256 Å². The van der Waals surface area contributed by atoms with Crippen LogP contribution < -0.4 is 9.62 Å². The Hall–Kier alpha value is -2.33.